The van der Waals surface area contributed by atoms with Crippen LogP contribution in [0, 0.1) is 0 Å². The summed E-state index contributed by atoms with van der Waals surface area (Å²) >= 11 is 0. The molecule has 0 amide bonds. The Morgan fingerprint density at radius 1 is 1.00 bits per heavy atom. The van der Waals surface area contributed by atoms with E-state index in [1.807, 2.05) is 0 Å². The van der Waals surface area contributed by atoms with Gasteiger partial charge in [-0.15, -0.1) is 0 Å². The molecule has 0 aromatic carbocycles. The molecule has 0 spiro atoms. The molecule has 3 unspecified atom stereocenters. The van der Waals surface area contributed by atoms with E-state index >= 15 is 0 Å². The van der Waals surface area contributed by atoms with Crippen molar-refractivity contribution < 1.29 is 29.8 Å². The lowest BCUT2D eigenvalue weighted by atomic mass is 9.95. The molecule has 0 aromatic heterocycles. The maximum absolute atomic E-state index is 11.4. The predicted octanol–water partition coefficient (Wildman–Crippen LogP) is -1.24. The Balaban J connectivity index is 3.05. The van der Waals surface area contributed by atoms with Crippen LogP contribution < -0.4 is 4.72 Å². The zero-order valence-electron chi connectivity index (χ0n) is 10.5. The first-order valence-electron chi connectivity index (χ1n) is 5.43. The molecule has 1 aliphatic carbocycles. The number of sulfone groups is 1. The van der Waals surface area contributed by atoms with Crippen molar-refractivity contribution in [2.24, 2.45) is 0 Å². The Hall–Kier alpha value is -0.230. The summed E-state index contributed by atoms with van der Waals surface area (Å²) < 4.78 is 79.0. The van der Waals surface area contributed by atoms with Gasteiger partial charge in [0.2, 0.25) is 10.0 Å². The minimum Gasteiger partial charge on any atom is -0.285 e. The van der Waals surface area contributed by atoms with E-state index in [1.165, 1.54) is 0 Å². The van der Waals surface area contributed by atoms with Crippen molar-refractivity contribution in [1.29, 1.82) is 0 Å². The first-order chi connectivity index (χ1) is 8.31. The third-order valence-corrected chi connectivity index (χ3v) is 6.75. The van der Waals surface area contributed by atoms with Crippen LogP contribution >= 0.6 is 0 Å². The van der Waals surface area contributed by atoms with Gasteiger partial charge in [0, 0.05) is 12.3 Å². The Labute approximate surface area is 113 Å². The molecule has 1 saturated carbocycles. The van der Waals surface area contributed by atoms with Gasteiger partial charge >= 0.3 is 0 Å². The van der Waals surface area contributed by atoms with Crippen LogP contribution in [0.15, 0.2) is 0 Å². The predicted molar refractivity (Wildman–Crippen MR) is 69.6 cm³/mol. The van der Waals surface area contributed by atoms with E-state index in [0.717, 1.165) is 12.5 Å². The fourth-order valence-electron chi connectivity index (χ4n) is 2.22. The third-order valence-electron chi connectivity index (χ3n) is 3.10. The van der Waals surface area contributed by atoms with E-state index in [4.69, 9.17) is 4.55 Å². The second-order valence-corrected chi connectivity index (χ2v) is 10.6. The molecular formula is C8H17NO7S3. The van der Waals surface area contributed by atoms with Crippen LogP contribution in [0.1, 0.15) is 19.3 Å². The highest BCUT2D eigenvalue weighted by molar-refractivity contribution is 7.91. The Morgan fingerprint density at radius 3 is 1.89 bits per heavy atom. The summed E-state index contributed by atoms with van der Waals surface area (Å²) in [6, 6.07) is -1.01. The Bertz CT molecular complexity index is 634. The van der Waals surface area contributed by atoms with E-state index in [1.54, 1.807) is 0 Å². The molecule has 1 fully saturated rings. The maximum Gasteiger partial charge on any atom is 0.269 e. The van der Waals surface area contributed by atoms with Crippen LogP contribution in [0.5, 0.6) is 0 Å². The fraction of sp³-hybridized carbons (Fsp3) is 1.00. The molecule has 11 heteroatoms. The van der Waals surface area contributed by atoms with Gasteiger partial charge in [0.1, 0.15) is 15.1 Å². The largest absolute Gasteiger partial charge is 0.285 e. The van der Waals surface area contributed by atoms with E-state index < -0.39 is 46.5 Å². The number of hydrogen-bond donors (Lipinski definition) is 2. The molecule has 0 aromatic rings. The second-order valence-electron chi connectivity index (χ2n) is 4.81. The van der Waals surface area contributed by atoms with Crippen LogP contribution in [0.4, 0.5) is 0 Å². The number of nitrogens with one attached hydrogen (secondary N) is 1. The van der Waals surface area contributed by atoms with Gasteiger partial charge in [0.15, 0.2) is 0 Å². The lowest BCUT2D eigenvalue weighted by molar-refractivity contribution is 0.378. The van der Waals surface area contributed by atoms with Crippen LogP contribution in [0.3, 0.4) is 0 Å². The van der Waals surface area contributed by atoms with Crippen LogP contribution in [-0.4, -0.2) is 58.9 Å². The summed E-state index contributed by atoms with van der Waals surface area (Å²) in [4.78, 5) is 0. The Morgan fingerprint density at radius 2 is 1.53 bits per heavy atom. The lowest BCUT2D eigenvalue weighted by Gasteiger charge is -2.33. The number of hydrogen-bond acceptors (Lipinski definition) is 6. The molecule has 1 rings (SSSR count). The Kier molecular flexibility index (Phi) is 4.67. The van der Waals surface area contributed by atoms with Gasteiger partial charge in [-0.25, -0.2) is 21.6 Å². The summed E-state index contributed by atoms with van der Waals surface area (Å²) in [7, 11) is -11.6. The van der Waals surface area contributed by atoms with Gasteiger partial charge in [0.05, 0.1) is 11.5 Å². The van der Waals surface area contributed by atoms with E-state index in [9.17, 15) is 25.3 Å². The average molecular weight is 335 g/mol. The van der Waals surface area contributed by atoms with Crippen molar-refractivity contribution in [3.63, 3.8) is 0 Å². The minimum absolute atomic E-state index is 0.0370. The van der Waals surface area contributed by atoms with Gasteiger partial charge in [-0.2, -0.15) is 8.42 Å². The summed E-state index contributed by atoms with van der Waals surface area (Å²) in [6.45, 7) is 0. The van der Waals surface area contributed by atoms with E-state index in [0.29, 0.717) is 0 Å². The van der Waals surface area contributed by atoms with Crippen molar-refractivity contribution in [2.75, 3.05) is 12.5 Å². The average Bonchev–Trinajstić information content (AvgIpc) is 2.11. The highest BCUT2D eigenvalue weighted by Crippen LogP contribution is 2.28. The number of sulfonamides is 1. The van der Waals surface area contributed by atoms with E-state index in [-0.39, 0.29) is 19.3 Å². The van der Waals surface area contributed by atoms with Gasteiger partial charge in [-0.3, -0.25) is 4.55 Å². The zero-order valence-corrected chi connectivity index (χ0v) is 12.9. The van der Waals surface area contributed by atoms with Crippen molar-refractivity contribution in [3.05, 3.63) is 0 Å². The standard InChI is InChI=1S/C8H17NO7S3/c1-17(10,11)6-3-4-7(9-18(2,12)13)8(5-6)19(14,15)16/h6-9H,3-5H2,1-2H3,(H,14,15,16). The molecule has 3 atom stereocenters. The molecule has 0 saturated heterocycles. The highest BCUT2D eigenvalue weighted by Gasteiger charge is 2.42. The van der Waals surface area contributed by atoms with Crippen LogP contribution in [0.2, 0.25) is 0 Å². The van der Waals surface area contributed by atoms with Crippen LogP contribution in [-0.2, 0) is 30.0 Å². The zero-order chi connectivity index (χ0) is 15.1. The van der Waals surface area contributed by atoms with Gasteiger partial charge in [0.25, 0.3) is 10.1 Å². The number of rotatable bonds is 4. The highest BCUT2D eigenvalue weighted by atomic mass is 32.2. The third kappa shape index (κ3) is 4.99. The molecule has 114 valence electrons. The molecule has 8 nitrogen and oxygen atoms in total. The molecule has 19 heavy (non-hydrogen) atoms. The topological polar surface area (TPSA) is 135 Å². The smallest absolute Gasteiger partial charge is 0.269 e. The second kappa shape index (κ2) is 5.28. The summed E-state index contributed by atoms with van der Waals surface area (Å²) in [6.07, 6.45) is 1.73. The van der Waals surface area contributed by atoms with Crippen molar-refractivity contribution >= 4 is 30.0 Å². The molecular weight excluding hydrogens is 318 g/mol. The van der Waals surface area contributed by atoms with Gasteiger partial charge in [-0.05, 0) is 19.3 Å². The molecule has 0 aliphatic heterocycles. The SMILES string of the molecule is CS(=O)(=O)NC1CCC(S(C)(=O)=O)CC1S(=O)(=O)O. The fourth-order valence-corrected chi connectivity index (χ4v) is 5.48. The molecule has 0 bridgehead atoms. The molecule has 0 heterocycles. The first kappa shape index (κ1) is 16.8. The van der Waals surface area contributed by atoms with Crippen molar-refractivity contribution in [3.8, 4) is 0 Å². The van der Waals surface area contributed by atoms with E-state index in [2.05, 4.69) is 4.72 Å². The van der Waals surface area contributed by atoms with Gasteiger partial charge < -0.3 is 0 Å². The quantitative estimate of drug-likeness (QED) is 0.613. The summed E-state index contributed by atoms with van der Waals surface area (Å²) in [5, 5.41) is -2.34. The lowest BCUT2D eigenvalue weighted by Crippen LogP contribution is -2.51. The van der Waals surface area contributed by atoms with Crippen molar-refractivity contribution in [2.45, 2.75) is 35.8 Å². The monoisotopic (exact) mass is 335 g/mol. The molecule has 1 aliphatic rings. The molecule has 0 radical (unpaired) electrons. The summed E-state index contributed by atoms with van der Waals surface area (Å²) in [5.74, 6) is 0. The normalized spacial score (nSPS) is 30.2. The first-order valence-corrected chi connectivity index (χ1v) is 10.8. The minimum atomic E-state index is -4.53. The maximum atomic E-state index is 11.4. The molecule has 2 N–H and O–H groups in total. The van der Waals surface area contributed by atoms with Gasteiger partial charge in [-0.1, -0.05) is 0 Å². The van der Waals surface area contributed by atoms with Crippen LogP contribution in [0.25, 0.3) is 0 Å². The van der Waals surface area contributed by atoms with Crippen molar-refractivity contribution in [1.82, 2.24) is 4.72 Å². The summed E-state index contributed by atoms with van der Waals surface area (Å²) in [5.41, 5.74) is 0.